The second-order valence-corrected chi connectivity index (χ2v) is 6.83. The number of para-hydroxylation sites is 1. The summed E-state index contributed by atoms with van der Waals surface area (Å²) in [4.78, 5) is 19.0. The van der Waals surface area contributed by atoms with Crippen molar-refractivity contribution in [1.82, 2.24) is 20.1 Å². The van der Waals surface area contributed by atoms with Gasteiger partial charge in [-0.25, -0.2) is 0 Å². The van der Waals surface area contributed by atoms with Gasteiger partial charge in [0.1, 0.15) is 11.4 Å². The minimum absolute atomic E-state index is 0.0420. The molecule has 0 N–H and O–H groups in total. The molecule has 144 valence electrons. The number of hydrogen-bond donors (Lipinski definition) is 0. The topological polar surface area (TPSA) is 81.4 Å². The van der Waals surface area contributed by atoms with Gasteiger partial charge in [0.25, 0.3) is 5.89 Å². The summed E-state index contributed by atoms with van der Waals surface area (Å²) in [7, 11) is 1.62. The predicted molar refractivity (Wildman–Crippen MR) is 103 cm³/mol. The summed E-state index contributed by atoms with van der Waals surface area (Å²) >= 11 is 0. The third-order valence-electron chi connectivity index (χ3n) is 4.98. The molecule has 0 radical (unpaired) electrons. The number of carbonyl (C=O) groups is 1. The van der Waals surface area contributed by atoms with Crippen molar-refractivity contribution in [2.45, 2.75) is 25.2 Å². The van der Waals surface area contributed by atoms with E-state index in [0.29, 0.717) is 30.4 Å². The first-order valence-electron chi connectivity index (χ1n) is 9.39. The number of nitrogens with zero attached hydrogens (tertiary/aromatic N) is 4. The number of ether oxygens (including phenoxy) is 1. The number of pyridine rings is 1. The van der Waals surface area contributed by atoms with Gasteiger partial charge in [-0.1, -0.05) is 24.3 Å². The van der Waals surface area contributed by atoms with E-state index in [9.17, 15) is 4.79 Å². The average Bonchev–Trinajstić information content (AvgIpc) is 3.25. The second kappa shape index (κ2) is 8.21. The molecule has 1 aliphatic rings. The minimum atomic E-state index is 0.0420. The average molecular weight is 378 g/mol. The highest BCUT2D eigenvalue weighted by Crippen LogP contribution is 2.28. The molecule has 7 heteroatoms. The Balaban J connectivity index is 1.44. The zero-order chi connectivity index (χ0) is 19.3. The van der Waals surface area contributed by atoms with Gasteiger partial charge in [-0.15, -0.1) is 10.2 Å². The number of methoxy groups -OCH3 is 1. The Bertz CT molecular complexity index is 942. The molecule has 1 aliphatic heterocycles. The first kappa shape index (κ1) is 18.2. The summed E-state index contributed by atoms with van der Waals surface area (Å²) in [5.74, 6) is 1.84. The molecule has 7 nitrogen and oxygen atoms in total. The van der Waals surface area contributed by atoms with Crippen LogP contribution in [0.2, 0.25) is 0 Å². The SMILES string of the molecule is COc1ccccc1CC(=O)N1CCC[C@H](c2nnc(-c3ccccn3)o2)C1. The van der Waals surface area contributed by atoms with Crippen LogP contribution in [0.15, 0.2) is 53.1 Å². The van der Waals surface area contributed by atoms with Crippen LogP contribution in [0.4, 0.5) is 0 Å². The molecule has 0 spiro atoms. The number of hydrogen-bond acceptors (Lipinski definition) is 6. The van der Waals surface area contributed by atoms with E-state index in [4.69, 9.17) is 9.15 Å². The van der Waals surface area contributed by atoms with Crippen LogP contribution < -0.4 is 4.74 Å². The fourth-order valence-corrected chi connectivity index (χ4v) is 3.52. The monoisotopic (exact) mass is 378 g/mol. The molecule has 0 saturated carbocycles. The molecule has 3 aromatic rings. The first-order valence-corrected chi connectivity index (χ1v) is 9.39. The number of benzene rings is 1. The maximum atomic E-state index is 12.8. The van der Waals surface area contributed by atoms with Crippen LogP contribution >= 0.6 is 0 Å². The maximum absolute atomic E-state index is 12.8. The number of piperidine rings is 1. The highest BCUT2D eigenvalue weighted by Gasteiger charge is 2.29. The fraction of sp³-hybridized carbons (Fsp3) is 0.333. The minimum Gasteiger partial charge on any atom is -0.496 e. The van der Waals surface area contributed by atoms with Gasteiger partial charge in [-0.3, -0.25) is 9.78 Å². The summed E-state index contributed by atoms with van der Waals surface area (Å²) < 4.78 is 11.2. The van der Waals surface area contributed by atoms with Crippen LogP contribution in [0.25, 0.3) is 11.6 Å². The van der Waals surface area contributed by atoms with E-state index in [-0.39, 0.29) is 11.8 Å². The summed E-state index contributed by atoms with van der Waals surface area (Å²) in [6, 6.07) is 13.2. The first-order chi connectivity index (χ1) is 13.7. The van der Waals surface area contributed by atoms with E-state index in [1.165, 1.54) is 0 Å². The van der Waals surface area contributed by atoms with Gasteiger partial charge in [0.2, 0.25) is 11.8 Å². The van der Waals surface area contributed by atoms with Crippen molar-refractivity contribution in [2.24, 2.45) is 0 Å². The standard InChI is InChI=1S/C21H22N4O3/c1-27-18-10-3-2-7-15(18)13-19(26)25-12-6-8-16(14-25)20-23-24-21(28-20)17-9-4-5-11-22-17/h2-5,7,9-11,16H,6,8,12-14H2,1H3/t16-/m0/s1. The lowest BCUT2D eigenvalue weighted by atomic mass is 9.97. The zero-order valence-corrected chi connectivity index (χ0v) is 15.7. The van der Waals surface area contributed by atoms with Gasteiger partial charge < -0.3 is 14.1 Å². The summed E-state index contributed by atoms with van der Waals surface area (Å²) in [6.07, 6.45) is 3.84. The van der Waals surface area contributed by atoms with E-state index in [2.05, 4.69) is 15.2 Å². The Hall–Kier alpha value is -3.22. The molecule has 1 amide bonds. The van der Waals surface area contributed by atoms with Gasteiger partial charge in [0.05, 0.1) is 19.4 Å². The lowest BCUT2D eigenvalue weighted by Gasteiger charge is -2.31. The van der Waals surface area contributed by atoms with E-state index < -0.39 is 0 Å². The molecule has 1 atom stereocenters. The van der Waals surface area contributed by atoms with Gasteiger partial charge in [-0.2, -0.15) is 0 Å². The Kier molecular flexibility index (Phi) is 5.32. The molecule has 0 unspecified atom stereocenters. The van der Waals surface area contributed by atoms with Crippen molar-refractivity contribution < 1.29 is 13.9 Å². The van der Waals surface area contributed by atoms with E-state index in [0.717, 1.165) is 30.7 Å². The summed E-state index contributed by atoms with van der Waals surface area (Å²) in [5.41, 5.74) is 1.55. The van der Waals surface area contributed by atoms with Crippen molar-refractivity contribution >= 4 is 5.91 Å². The van der Waals surface area contributed by atoms with E-state index in [1.54, 1.807) is 13.3 Å². The highest BCUT2D eigenvalue weighted by atomic mass is 16.5. The number of aromatic nitrogens is 3. The Morgan fingerprint density at radius 3 is 2.89 bits per heavy atom. The van der Waals surface area contributed by atoms with Crippen molar-refractivity contribution in [1.29, 1.82) is 0 Å². The molecule has 3 heterocycles. The predicted octanol–water partition coefficient (Wildman–Crippen LogP) is 3.09. The lowest BCUT2D eigenvalue weighted by Crippen LogP contribution is -2.40. The molecular weight excluding hydrogens is 356 g/mol. The van der Waals surface area contributed by atoms with Crippen LogP contribution in [0.1, 0.15) is 30.2 Å². The van der Waals surface area contributed by atoms with Gasteiger partial charge >= 0.3 is 0 Å². The zero-order valence-electron chi connectivity index (χ0n) is 15.7. The van der Waals surface area contributed by atoms with Gasteiger partial charge in [0.15, 0.2) is 0 Å². The van der Waals surface area contributed by atoms with Gasteiger partial charge in [0, 0.05) is 24.8 Å². The van der Waals surface area contributed by atoms with E-state index >= 15 is 0 Å². The number of rotatable bonds is 5. The van der Waals surface area contributed by atoms with Crippen LogP contribution in [0, 0.1) is 0 Å². The normalized spacial score (nSPS) is 16.8. The number of amides is 1. The van der Waals surface area contributed by atoms with Crippen molar-refractivity contribution in [3.8, 4) is 17.3 Å². The molecule has 1 fully saturated rings. The largest absolute Gasteiger partial charge is 0.496 e. The maximum Gasteiger partial charge on any atom is 0.266 e. The third kappa shape index (κ3) is 3.88. The molecule has 28 heavy (non-hydrogen) atoms. The Morgan fingerprint density at radius 1 is 1.21 bits per heavy atom. The smallest absolute Gasteiger partial charge is 0.266 e. The number of likely N-dealkylation sites (tertiary alicyclic amines) is 1. The quantitative estimate of drug-likeness (QED) is 0.679. The highest BCUT2D eigenvalue weighted by molar-refractivity contribution is 5.79. The van der Waals surface area contributed by atoms with Crippen molar-refractivity contribution in [3.05, 3.63) is 60.1 Å². The third-order valence-corrected chi connectivity index (χ3v) is 4.98. The summed E-state index contributed by atoms with van der Waals surface area (Å²) in [6.45, 7) is 1.32. The molecule has 2 aromatic heterocycles. The molecule has 0 bridgehead atoms. The molecular formula is C21H22N4O3. The van der Waals surface area contributed by atoms with Crippen molar-refractivity contribution in [2.75, 3.05) is 20.2 Å². The second-order valence-electron chi connectivity index (χ2n) is 6.83. The lowest BCUT2D eigenvalue weighted by molar-refractivity contribution is -0.131. The Labute approximate surface area is 163 Å². The summed E-state index contributed by atoms with van der Waals surface area (Å²) in [5, 5.41) is 8.33. The number of carbonyl (C=O) groups excluding carboxylic acids is 1. The van der Waals surface area contributed by atoms with E-state index in [1.807, 2.05) is 47.4 Å². The molecule has 0 aliphatic carbocycles. The molecule has 4 rings (SSSR count). The van der Waals surface area contributed by atoms with Crippen molar-refractivity contribution in [3.63, 3.8) is 0 Å². The van der Waals surface area contributed by atoms with Crippen LogP contribution in [0.3, 0.4) is 0 Å². The molecule has 1 saturated heterocycles. The Morgan fingerprint density at radius 2 is 2.07 bits per heavy atom. The van der Waals surface area contributed by atoms with Crippen LogP contribution in [0.5, 0.6) is 5.75 Å². The molecule has 1 aromatic carbocycles. The van der Waals surface area contributed by atoms with Crippen LogP contribution in [-0.2, 0) is 11.2 Å². The van der Waals surface area contributed by atoms with Gasteiger partial charge in [-0.05, 0) is 31.0 Å². The fourth-order valence-electron chi connectivity index (χ4n) is 3.52. The van der Waals surface area contributed by atoms with Crippen LogP contribution in [-0.4, -0.2) is 46.2 Å².